The van der Waals surface area contributed by atoms with Gasteiger partial charge in [0.05, 0.1) is 14.2 Å². The molecule has 0 aliphatic rings. The fourth-order valence-corrected chi connectivity index (χ4v) is 1.92. The standard InChI is InChI=1S/C16H14F2N2O4/c1-23-10-6-9(7-11(8-10)24-2)19-16(22)20-15(21)14-12(17)4-3-5-13(14)18/h3-8H,1-2H3,(H2,19,20,21,22). The first-order chi connectivity index (χ1) is 11.4. The Morgan fingerprint density at radius 1 is 0.958 bits per heavy atom. The second kappa shape index (κ2) is 7.40. The maximum absolute atomic E-state index is 13.5. The van der Waals surface area contributed by atoms with E-state index in [-0.39, 0.29) is 5.69 Å². The van der Waals surface area contributed by atoms with Crippen LogP contribution in [0.4, 0.5) is 19.3 Å². The van der Waals surface area contributed by atoms with E-state index in [1.54, 1.807) is 6.07 Å². The Labute approximate surface area is 136 Å². The SMILES string of the molecule is COc1cc(NC(=O)NC(=O)c2c(F)cccc2F)cc(OC)c1. The molecular formula is C16H14F2N2O4. The predicted molar refractivity (Wildman–Crippen MR) is 82.4 cm³/mol. The van der Waals surface area contributed by atoms with E-state index in [0.29, 0.717) is 11.5 Å². The van der Waals surface area contributed by atoms with Crippen molar-refractivity contribution in [3.8, 4) is 11.5 Å². The van der Waals surface area contributed by atoms with Gasteiger partial charge < -0.3 is 14.8 Å². The zero-order valence-corrected chi connectivity index (χ0v) is 12.9. The summed E-state index contributed by atoms with van der Waals surface area (Å²) in [5.74, 6) is -2.50. The summed E-state index contributed by atoms with van der Waals surface area (Å²) in [6, 6.07) is 6.54. The smallest absolute Gasteiger partial charge is 0.326 e. The summed E-state index contributed by atoms with van der Waals surface area (Å²) in [5.41, 5.74) is -0.568. The van der Waals surface area contributed by atoms with E-state index >= 15 is 0 Å². The molecule has 126 valence electrons. The zero-order valence-electron chi connectivity index (χ0n) is 12.9. The summed E-state index contributed by atoms with van der Waals surface area (Å²) in [7, 11) is 2.87. The normalized spacial score (nSPS) is 10.0. The van der Waals surface area contributed by atoms with Crippen molar-refractivity contribution < 1.29 is 27.8 Å². The van der Waals surface area contributed by atoms with Crippen LogP contribution in [0.15, 0.2) is 36.4 Å². The van der Waals surface area contributed by atoms with E-state index in [1.165, 1.54) is 26.4 Å². The molecule has 0 bridgehead atoms. The summed E-state index contributed by atoms with van der Waals surface area (Å²) >= 11 is 0. The molecule has 0 aliphatic carbocycles. The van der Waals surface area contributed by atoms with Gasteiger partial charge in [-0.05, 0) is 12.1 Å². The minimum absolute atomic E-state index is 0.269. The van der Waals surface area contributed by atoms with Gasteiger partial charge in [-0.15, -0.1) is 0 Å². The van der Waals surface area contributed by atoms with Gasteiger partial charge in [-0.3, -0.25) is 10.1 Å². The molecule has 6 nitrogen and oxygen atoms in total. The predicted octanol–water partition coefficient (Wildman–Crippen LogP) is 2.94. The van der Waals surface area contributed by atoms with Crippen molar-refractivity contribution in [3.05, 3.63) is 53.6 Å². The maximum atomic E-state index is 13.5. The number of benzene rings is 2. The number of amides is 3. The van der Waals surface area contributed by atoms with Gasteiger partial charge in [0.15, 0.2) is 0 Å². The molecule has 0 aliphatic heterocycles. The largest absolute Gasteiger partial charge is 0.497 e. The number of anilines is 1. The third-order valence-electron chi connectivity index (χ3n) is 3.03. The molecule has 0 fully saturated rings. The molecule has 2 aromatic rings. The summed E-state index contributed by atoms with van der Waals surface area (Å²) in [4.78, 5) is 23.7. The minimum atomic E-state index is -1.20. The van der Waals surface area contributed by atoms with Crippen molar-refractivity contribution in [2.24, 2.45) is 0 Å². The monoisotopic (exact) mass is 336 g/mol. The van der Waals surface area contributed by atoms with E-state index in [1.807, 2.05) is 5.32 Å². The lowest BCUT2D eigenvalue weighted by Crippen LogP contribution is -2.35. The number of halogens is 2. The molecule has 0 heterocycles. The highest BCUT2D eigenvalue weighted by molar-refractivity contribution is 6.08. The molecule has 0 saturated carbocycles. The molecule has 24 heavy (non-hydrogen) atoms. The zero-order chi connectivity index (χ0) is 17.7. The van der Waals surface area contributed by atoms with Crippen LogP contribution in [-0.2, 0) is 0 Å². The molecule has 3 amide bonds. The van der Waals surface area contributed by atoms with Crippen molar-refractivity contribution in [1.29, 1.82) is 0 Å². The quantitative estimate of drug-likeness (QED) is 0.900. The van der Waals surface area contributed by atoms with Crippen LogP contribution in [0, 0.1) is 11.6 Å². The summed E-state index contributed by atoms with van der Waals surface area (Å²) in [6.45, 7) is 0. The first kappa shape index (κ1) is 17.2. The van der Waals surface area contributed by atoms with Gasteiger partial charge in [0.25, 0.3) is 5.91 Å². The maximum Gasteiger partial charge on any atom is 0.326 e. The first-order valence-electron chi connectivity index (χ1n) is 6.74. The number of rotatable bonds is 4. The van der Waals surface area contributed by atoms with Gasteiger partial charge >= 0.3 is 6.03 Å². The van der Waals surface area contributed by atoms with Gasteiger partial charge in [-0.2, -0.15) is 0 Å². The van der Waals surface area contributed by atoms with E-state index < -0.39 is 29.1 Å². The number of methoxy groups -OCH3 is 2. The van der Waals surface area contributed by atoms with E-state index in [4.69, 9.17) is 9.47 Å². The molecule has 2 N–H and O–H groups in total. The number of urea groups is 1. The van der Waals surface area contributed by atoms with Crippen LogP contribution in [0.2, 0.25) is 0 Å². The molecule has 0 unspecified atom stereocenters. The minimum Gasteiger partial charge on any atom is -0.497 e. The van der Waals surface area contributed by atoms with E-state index in [0.717, 1.165) is 18.2 Å². The van der Waals surface area contributed by atoms with Crippen molar-refractivity contribution in [2.45, 2.75) is 0 Å². The van der Waals surface area contributed by atoms with Crippen LogP contribution < -0.4 is 20.1 Å². The Morgan fingerprint density at radius 3 is 2.00 bits per heavy atom. The number of ether oxygens (including phenoxy) is 2. The molecule has 0 aromatic heterocycles. The first-order valence-corrected chi connectivity index (χ1v) is 6.74. The van der Waals surface area contributed by atoms with Crippen LogP contribution in [0.1, 0.15) is 10.4 Å². The third kappa shape index (κ3) is 3.97. The van der Waals surface area contributed by atoms with Gasteiger partial charge in [0.2, 0.25) is 0 Å². The van der Waals surface area contributed by atoms with Crippen LogP contribution in [0.5, 0.6) is 11.5 Å². The van der Waals surface area contributed by atoms with Crippen molar-refractivity contribution >= 4 is 17.6 Å². The Balaban J connectivity index is 2.12. The van der Waals surface area contributed by atoms with Crippen LogP contribution in [-0.4, -0.2) is 26.2 Å². The Kier molecular flexibility index (Phi) is 5.31. The number of carbonyl (C=O) groups excluding carboxylic acids is 2. The number of imide groups is 1. The van der Waals surface area contributed by atoms with Crippen LogP contribution in [0.3, 0.4) is 0 Å². The van der Waals surface area contributed by atoms with Crippen LogP contribution >= 0.6 is 0 Å². The summed E-state index contributed by atoms with van der Waals surface area (Å²) in [5, 5.41) is 4.21. The third-order valence-corrected chi connectivity index (χ3v) is 3.03. The molecule has 0 saturated heterocycles. The number of nitrogens with one attached hydrogen (secondary N) is 2. The van der Waals surface area contributed by atoms with Gasteiger partial charge in [0.1, 0.15) is 28.7 Å². The number of carbonyl (C=O) groups is 2. The van der Waals surface area contributed by atoms with E-state index in [9.17, 15) is 18.4 Å². The number of hydrogen-bond donors (Lipinski definition) is 2. The molecule has 0 radical (unpaired) electrons. The van der Waals surface area contributed by atoms with E-state index in [2.05, 4.69) is 5.32 Å². The average molecular weight is 336 g/mol. The lowest BCUT2D eigenvalue weighted by Gasteiger charge is -2.10. The Morgan fingerprint density at radius 2 is 1.50 bits per heavy atom. The highest BCUT2D eigenvalue weighted by atomic mass is 19.1. The number of hydrogen-bond acceptors (Lipinski definition) is 4. The lowest BCUT2D eigenvalue weighted by atomic mass is 10.2. The van der Waals surface area contributed by atoms with Crippen LogP contribution in [0.25, 0.3) is 0 Å². The Bertz CT molecular complexity index is 738. The molecule has 8 heteroatoms. The van der Waals surface area contributed by atoms with Crippen molar-refractivity contribution in [2.75, 3.05) is 19.5 Å². The fraction of sp³-hybridized carbons (Fsp3) is 0.125. The van der Waals surface area contributed by atoms with Crippen molar-refractivity contribution in [3.63, 3.8) is 0 Å². The van der Waals surface area contributed by atoms with Gasteiger partial charge in [-0.1, -0.05) is 6.07 Å². The summed E-state index contributed by atoms with van der Waals surface area (Å²) < 4.78 is 37.1. The van der Waals surface area contributed by atoms with Gasteiger partial charge in [-0.25, -0.2) is 13.6 Å². The lowest BCUT2D eigenvalue weighted by molar-refractivity contribution is 0.0959. The van der Waals surface area contributed by atoms with Crippen molar-refractivity contribution in [1.82, 2.24) is 5.32 Å². The Hall–Kier alpha value is -3.16. The summed E-state index contributed by atoms with van der Waals surface area (Å²) in [6.07, 6.45) is 0. The molecule has 0 spiro atoms. The fourth-order valence-electron chi connectivity index (χ4n) is 1.92. The van der Waals surface area contributed by atoms with Gasteiger partial charge in [0, 0.05) is 23.9 Å². The highest BCUT2D eigenvalue weighted by Gasteiger charge is 2.19. The molecule has 0 atom stereocenters. The second-order valence-corrected chi connectivity index (χ2v) is 4.61. The second-order valence-electron chi connectivity index (χ2n) is 4.61. The molecular weight excluding hydrogens is 322 g/mol. The molecule has 2 rings (SSSR count). The average Bonchev–Trinajstić information content (AvgIpc) is 2.53. The molecule has 2 aromatic carbocycles. The topological polar surface area (TPSA) is 76.7 Å². The highest BCUT2D eigenvalue weighted by Crippen LogP contribution is 2.25.